The summed E-state index contributed by atoms with van der Waals surface area (Å²) >= 11 is 0. The van der Waals surface area contributed by atoms with Crippen molar-refractivity contribution in [2.75, 3.05) is 0 Å². The zero-order valence-corrected chi connectivity index (χ0v) is 15.0. The maximum Gasteiger partial charge on any atom is 1.00 e. The summed E-state index contributed by atoms with van der Waals surface area (Å²) in [5, 5.41) is 0. The minimum Gasteiger partial charge on any atom is -0.279 e. The van der Waals surface area contributed by atoms with Crippen LogP contribution < -0.4 is 28.2 Å². The van der Waals surface area contributed by atoms with E-state index in [9.17, 15) is 0 Å². The Bertz CT molecular complexity index is 270. The fraction of sp³-hybridized carbons (Fsp3) is 0.750. The van der Waals surface area contributed by atoms with Crippen LogP contribution in [0.1, 0.15) is 0 Å². The van der Waals surface area contributed by atoms with Gasteiger partial charge in [0.05, 0.1) is 16.1 Å². The fourth-order valence-electron chi connectivity index (χ4n) is 0.875. The zero-order valence-electron chi connectivity index (χ0n) is 10.3. The topological polar surface area (TPSA) is 0 Å². The van der Waals surface area contributed by atoms with Gasteiger partial charge in [0, 0.05) is 0 Å². The molecule has 0 spiro atoms. The van der Waals surface area contributed by atoms with Crippen molar-refractivity contribution in [2.24, 2.45) is 0 Å². The predicted molar refractivity (Wildman–Crippen MR) is 75.5 cm³/mol. The molecule has 6 heteroatoms. The van der Waals surface area contributed by atoms with E-state index in [1.165, 1.54) is 0 Å². The van der Waals surface area contributed by atoms with Crippen molar-refractivity contribution in [1.82, 2.24) is 0 Å². The van der Waals surface area contributed by atoms with Gasteiger partial charge in [-0.3, -0.25) is 15.7 Å². The maximum atomic E-state index is 2.48. The quantitative estimate of drug-likeness (QED) is 0.709. The second-order valence-electron chi connectivity index (χ2n) is 5.46. The van der Waals surface area contributed by atoms with Crippen LogP contribution in [0.4, 0.5) is 0 Å². The molecule has 0 fully saturated rings. The molecule has 0 amide bonds. The minimum absolute atomic E-state index is 0. The van der Waals surface area contributed by atoms with Gasteiger partial charge < -0.3 is 0 Å². The van der Waals surface area contributed by atoms with Gasteiger partial charge in [-0.05, 0) is 0 Å². The Balaban J connectivity index is 0.00000169. The third-order valence-electron chi connectivity index (χ3n) is 1.79. The van der Waals surface area contributed by atoms with Gasteiger partial charge in [0.2, 0.25) is 0 Å². The average Bonchev–Trinajstić information content (AvgIpc) is 2.28. The van der Waals surface area contributed by atoms with Crippen LogP contribution in [-0.4, -0.2) is 16.1 Å². The molecule has 0 nitrogen and oxygen atoms in total. The van der Waals surface area contributed by atoms with Gasteiger partial charge >= 0.3 is 18.9 Å². The molecule has 1 rings (SSSR count). The Morgan fingerprint density at radius 3 is 1.21 bits per heavy atom. The summed E-state index contributed by atoms with van der Waals surface area (Å²) in [6.45, 7) is 14.9. The smallest absolute Gasteiger partial charge is 0.279 e. The van der Waals surface area contributed by atoms with E-state index in [1.54, 1.807) is 23.9 Å². The molecule has 0 aromatic carbocycles. The monoisotopic (exact) mass is 270 g/mol. The molecule has 0 bridgehead atoms. The molecule has 14 heavy (non-hydrogen) atoms. The molecule has 0 N–H and O–H groups in total. The number of hydrogen-bond acceptors (Lipinski definition) is 0. The standard InChI is InChI=1S/C8H18P3Si2.Li/c1-12(2,3)7-9-8(11-10-7)13(4,5)6;/h1-6H3;/q-1;+1. The molecular weight excluding hydrogens is 252 g/mol. The van der Waals surface area contributed by atoms with E-state index in [2.05, 4.69) is 39.3 Å². The van der Waals surface area contributed by atoms with Crippen LogP contribution >= 0.6 is 23.9 Å². The zero-order chi connectivity index (χ0) is 10.3. The van der Waals surface area contributed by atoms with Gasteiger partial charge in [0.1, 0.15) is 0 Å². The molecule has 0 saturated heterocycles. The van der Waals surface area contributed by atoms with E-state index in [-0.39, 0.29) is 18.9 Å². The first-order valence-electron chi connectivity index (χ1n) is 4.59. The van der Waals surface area contributed by atoms with Gasteiger partial charge in [-0.1, -0.05) is 39.3 Å². The molecule has 0 atom stereocenters. The van der Waals surface area contributed by atoms with Crippen molar-refractivity contribution < 1.29 is 18.9 Å². The molecule has 0 unspecified atom stereocenters. The van der Waals surface area contributed by atoms with E-state index in [0.717, 1.165) is 0 Å². The van der Waals surface area contributed by atoms with Crippen LogP contribution in [0.2, 0.25) is 39.3 Å². The van der Waals surface area contributed by atoms with E-state index in [0.29, 0.717) is 0 Å². The maximum absolute atomic E-state index is 2.48. The Morgan fingerprint density at radius 2 is 1.07 bits per heavy atom. The van der Waals surface area contributed by atoms with Crippen molar-refractivity contribution in [3.05, 3.63) is 0 Å². The van der Waals surface area contributed by atoms with E-state index in [1.807, 2.05) is 9.30 Å². The molecule has 74 valence electrons. The molecule has 1 aromatic heterocycles. The van der Waals surface area contributed by atoms with Crippen LogP contribution in [-0.2, 0) is 0 Å². The van der Waals surface area contributed by atoms with Crippen molar-refractivity contribution in [2.45, 2.75) is 39.3 Å². The average molecular weight is 270 g/mol. The van der Waals surface area contributed by atoms with Crippen molar-refractivity contribution >= 4 is 49.4 Å². The summed E-state index contributed by atoms with van der Waals surface area (Å²) in [4.78, 5) is 0. The first-order valence-corrected chi connectivity index (χ1v) is 15.0. The summed E-state index contributed by atoms with van der Waals surface area (Å²) in [6, 6.07) is 0. The van der Waals surface area contributed by atoms with Crippen LogP contribution in [0.25, 0.3) is 0 Å². The van der Waals surface area contributed by atoms with Crippen LogP contribution in [0, 0.1) is 0 Å². The second-order valence-corrected chi connectivity index (χ2v) is 21.5. The molecule has 0 saturated carbocycles. The number of hydrogen-bond donors (Lipinski definition) is 0. The predicted octanol–water partition coefficient (Wildman–Crippen LogP) is 1.24. The Labute approximate surface area is 107 Å². The third-order valence-corrected chi connectivity index (χ3v) is 19.5. The number of rotatable bonds is 2. The second kappa shape index (κ2) is 5.33. The van der Waals surface area contributed by atoms with E-state index in [4.69, 9.17) is 0 Å². The van der Waals surface area contributed by atoms with Gasteiger partial charge in [-0.25, -0.2) is 8.19 Å². The van der Waals surface area contributed by atoms with Crippen LogP contribution in [0.5, 0.6) is 0 Å². The molecule has 0 aliphatic heterocycles. The van der Waals surface area contributed by atoms with Gasteiger partial charge in [0.15, 0.2) is 0 Å². The Morgan fingerprint density at radius 1 is 0.786 bits per heavy atom. The summed E-state index contributed by atoms with van der Waals surface area (Å²) in [5.74, 6) is 0. The molecule has 1 aromatic rings. The van der Waals surface area contributed by atoms with E-state index >= 15 is 0 Å². The normalized spacial score (nSPS) is 14.1. The van der Waals surface area contributed by atoms with Crippen molar-refractivity contribution in [3.63, 3.8) is 0 Å². The van der Waals surface area contributed by atoms with Gasteiger partial charge in [-0.2, -0.15) is 0 Å². The summed E-state index contributed by atoms with van der Waals surface area (Å²) in [7, 11) is 2.99. The summed E-state index contributed by atoms with van der Waals surface area (Å²) in [6.07, 6.45) is 0. The molecule has 0 aliphatic carbocycles. The van der Waals surface area contributed by atoms with Crippen molar-refractivity contribution in [3.8, 4) is 0 Å². The fourth-order valence-corrected chi connectivity index (χ4v) is 17.6. The SMILES string of the molecule is C[Si](C)(C)c1ppc([Si](C)(C)C)[p-]1.[Li+]. The molecule has 0 aliphatic rings. The van der Waals surface area contributed by atoms with Crippen LogP contribution in [0.3, 0.4) is 0 Å². The first-order chi connectivity index (χ1) is 5.71. The minimum atomic E-state index is -0.958. The first kappa shape index (κ1) is 15.7. The van der Waals surface area contributed by atoms with E-state index < -0.39 is 16.1 Å². The molecule has 1 heterocycles. The largest absolute Gasteiger partial charge is 1.00 e. The van der Waals surface area contributed by atoms with Gasteiger partial charge in [-0.15, -0.1) is 9.30 Å². The van der Waals surface area contributed by atoms with Gasteiger partial charge in [0.25, 0.3) is 0 Å². The molecular formula is C8H18LiP3Si2. The Hall–Kier alpha value is 1.67. The summed E-state index contributed by atoms with van der Waals surface area (Å²) in [5.41, 5.74) is 0. The van der Waals surface area contributed by atoms with Crippen LogP contribution in [0.15, 0.2) is 0 Å². The summed E-state index contributed by atoms with van der Waals surface area (Å²) < 4.78 is 3.71. The molecule has 0 radical (unpaired) electrons. The third kappa shape index (κ3) is 4.27. The Kier molecular flexibility index (Phi) is 5.97. The van der Waals surface area contributed by atoms with Crippen molar-refractivity contribution in [1.29, 1.82) is 0 Å².